The molecule has 2 aromatic heterocycles. The second-order valence-corrected chi connectivity index (χ2v) is 8.22. The minimum Gasteiger partial charge on any atom is -0.496 e. The number of thiazole rings is 1. The summed E-state index contributed by atoms with van der Waals surface area (Å²) in [5.74, 6) is 2.60. The fourth-order valence-electron chi connectivity index (χ4n) is 4.14. The van der Waals surface area contributed by atoms with Crippen LogP contribution in [-0.4, -0.2) is 22.1 Å². The molecule has 146 valence electrons. The fourth-order valence-corrected chi connectivity index (χ4v) is 4.86. The molecule has 1 aliphatic carbocycles. The standard InChI is InChI=1S/C23H22N4OS/c1-14-25-20(15-9-10-19-22(11-15)29-13-24-19)12-23(26-14)27-18-7-3-6-17-16(18)5-4-8-21(17)28-2/h4-5,8-13,18H,3,6-7H2,1-2H3,(H,25,26,27). The number of ether oxygens (including phenoxy) is 1. The van der Waals surface area contributed by atoms with Crippen LogP contribution in [0.5, 0.6) is 5.75 Å². The van der Waals surface area contributed by atoms with Crippen LogP contribution in [0.2, 0.25) is 0 Å². The molecule has 5 rings (SSSR count). The highest BCUT2D eigenvalue weighted by Crippen LogP contribution is 2.37. The van der Waals surface area contributed by atoms with Crippen LogP contribution in [0.1, 0.15) is 35.8 Å². The number of nitrogens with zero attached hydrogens (tertiary/aromatic N) is 3. The van der Waals surface area contributed by atoms with Crippen molar-refractivity contribution in [1.29, 1.82) is 0 Å². The number of nitrogens with one attached hydrogen (secondary N) is 1. The van der Waals surface area contributed by atoms with Crippen molar-refractivity contribution in [1.82, 2.24) is 15.0 Å². The highest BCUT2D eigenvalue weighted by atomic mass is 32.1. The molecule has 0 spiro atoms. The van der Waals surface area contributed by atoms with E-state index in [4.69, 9.17) is 4.74 Å². The van der Waals surface area contributed by atoms with Gasteiger partial charge in [0.1, 0.15) is 17.4 Å². The summed E-state index contributed by atoms with van der Waals surface area (Å²) in [5, 5.41) is 3.66. The zero-order chi connectivity index (χ0) is 19.8. The van der Waals surface area contributed by atoms with Gasteiger partial charge in [0.25, 0.3) is 0 Å². The number of rotatable bonds is 4. The molecule has 6 heteroatoms. The molecule has 0 bridgehead atoms. The molecule has 1 atom stereocenters. The lowest BCUT2D eigenvalue weighted by molar-refractivity contribution is 0.404. The maximum absolute atomic E-state index is 5.58. The minimum atomic E-state index is 0.222. The first-order chi connectivity index (χ1) is 14.2. The van der Waals surface area contributed by atoms with Gasteiger partial charge in [-0.15, -0.1) is 11.3 Å². The summed E-state index contributed by atoms with van der Waals surface area (Å²) in [5.41, 5.74) is 7.52. The summed E-state index contributed by atoms with van der Waals surface area (Å²) in [6, 6.07) is 14.9. The maximum atomic E-state index is 5.58. The Kier molecular flexibility index (Phi) is 4.64. The fraction of sp³-hybridized carbons (Fsp3) is 0.261. The molecule has 1 aliphatic rings. The Balaban J connectivity index is 1.49. The van der Waals surface area contributed by atoms with Crippen LogP contribution in [-0.2, 0) is 6.42 Å². The first kappa shape index (κ1) is 18.1. The molecule has 29 heavy (non-hydrogen) atoms. The Morgan fingerprint density at radius 1 is 1.14 bits per heavy atom. The SMILES string of the molecule is COc1cccc2c1CCCC2Nc1cc(-c2ccc3ncsc3c2)nc(C)n1. The monoisotopic (exact) mass is 402 g/mol. The molecular formula is C23H22N4OS. The van der Waals surface area contributed by atoms with Gasteiger partial charge >= 0.3 is 0 Å². The van der Waals surface area contributed by atoms with Gasteiger partial charge in [-0.1, -0.05) is 18.2 Å². The summed E-state index contributed by atoms with van der Waals surface area (Å²) < 4.78 is 6.75. The average Bonchev–Trinajstić information content (AvgIpc) is 3.21. The summed E-state index contributed by atoms with van der Waals surface area (Å²) in [4.78, 5) is 13.7. The number of methoxy groups -OCH3 is 1. The van der Waals surface area contributed by atoms with Crippen molar-refractivity contribution in [3.63, 3.8) is 0 Å². The van der Waals surface area contributed by atoms with E-state index in [0.29, 0.717) is 0 Å². The van der Waals surface area contributed by atoms with E-state index in [1.165, 1.54) is 15.8 Å². The van der Waals surface area contributed by atoms with Crippen molar-refractivity contribution < 1.29 is 4.74 Å². The van der Waals surface area contributed by atoms with Gasteiger partial charge in [0, 0.05) is 11.6 Å². The number of hydrogen-bond acceptors (Lipinski definition) is 6. The van der Waals surface area contributed by atoms with Gasteiger partial charge < -0.3 is 10.1 Å². The molecule has 0 saturated carbocycles. The molecule has 1 N–H and O–H groups in total. The van der Waals surface area contributed by atoms with Crippen LogP contribution < -0.4 is 10.1 Å². The van der Waals surface area contributed by atoms with E-state index in [-0.39, 0.29) is 6.04 Å². The minimum absolute atomic E-state index is 0.222. The highest BCUT2D eigenvalue weighted by molar-refractivity contribution is 7.16. The normalized spacial score (nSPS) is 15.9. The first-order valence-corrected chi connectivity index (χ1v) is 10.7. The third-order valence-electron chi connectivity index (χ3n) is 5.47. The van der Waals surface area contributed by atoms with Gasteiger partial charge in [-0.05, 0) is 55.5 Å². The zero-order valence-corrected chi connectivity index (χ0v) is 17.3. The first-order valence-electron chi connectivity index (χ1n) is 9.83. The van der Waals surface area contributed by atoms with Gasteiger partial charge in [0.05, 0.1) is 34.6 Å². The molecular weight excluding hydrogens is 380 g/mol. The van der Waals surface area contributed by atoms with E-state index in [0.717, 1.165) is 53.4 Å². The summed E-state index contributed by atoms with van der Waals surface area (Å²) in [6.07, 6.45) is 3.26. The third kappa shape index (κ3) is 3.44. The molecule has 0 aliphatic heterocycles. The number of fused-ring (bicyclic) bond motifs is 2. The van der Waals surface area contributed by atoms with E-state index < -0.39 is 0 Å². The van der Waals surface area contributed by atoms with Crippen molar-refractivity contribution in [2.75, 3.05) is 12.4 Å². The molecule has 0 amide bonds. The summed E-state index contributed by atoms with van der Waals surface area (Å²) >= 11 is 1.65. The molecule has 2 heterocycles. The smallest absolute Gasteiger partial charge is 0.130 e. The van der Waals surface area contributed by atoms with Gasteiger partial charge in [-0.25, -0.2) is 15.0 Å². The van der Waals surface area contributed by atoms with Gasteiger partial charge in [-0.2, -0.15) is 0 Å². The molecule has 4 aromatic rings. The highest BCUT2D eigenvalue weighted by Gasteiger charge is 2.23. The predicted octanol–water partition coefficient (Wildman–Crippen LogP) is 5.56. The number of aromatic nitrogens is 3. The third-order valence-corrected chi connectivity index (χ3v) is 6.26. The molecule has 2 aromatic carbocycles. The van der Waals surface area contributed by atoms with E-state index in [1.54, 1.807) is 18.4 Å². The lowest BCUT2D eigenvalue weighted by atomic mass is 9.87. The van der Waals surface area contributed by atoms with E-state index in [9.17, 15) is 0 Å². The average molecular weight is 403 g/mol. The Morgan fingerprint density at radius 3 is 2.97 bits per heavy atom. The lowest BCUT2D eigenvalue weighted by Crippen LogP contribution is -2.19. The summed E-state index contributed by atoms with van der Waals surface area (Å²) in [7, 11) is 1.74. The second-order valence-electron chi connectivity index (χ2n) is 7.34. The molecule has 5 nitrogen and oxygen atoms in total. The van der Waals surface area contributed by atoms with Crippen LogP contribution in [0.3, 0.4) is 0 Å². The van der Waals surface area contributed by atoms with Crippen molar-refractivity contribution in [3.05, 3.63) is 64.9 Å². The lowest BCUT2D eigenvalue weighted by Gasteiger charge is -2.28. The van der Waals surface area contributed by atoms with E-state index >= 15 is 0 Å². The van der Waals surface area contributed by atoms with Crippen molar-refractivity contribution in [2.45, 2.75) is 32.2 Å². The van der Waals surface area contributed by atoms with Crippen LogP contribution in [0, 0.1) is 6.92 Å². The van der Waals surface area contributed by atoms with Crippen molar-refractivity contribution in [2.24, 2.45) is 0 Å². The van der Waals surface area contributed by atoms with Gasteiger partial charge in [0.15, 0.2) is 0 Å². The topological polar surface area (TPSA) is 59.9 Å². The van der Waals surface area contributed by atoms with Crippen molar-refractivity contribution >= 4 is 27.4 Å². The van der Waals surface area contributed by atoms with Crippen molar-refractivity contribution in [3.8, 4) is 17.0 Å². The number of anilines is 1. The van der Waals surface area contributed by atoms with E-state index in [1.807, 2.05) is 24.6 Å². The quantitative estimate of drug-likeness (QED) is 0.484. The van der Waals surface area contributed by atoms with Crippen LogP contribution in [0.15, 0.2) is 48.0 Å². The Morgan fingerprint density at radius 2 is 2.07 bits per heavy atom. The Bertz CT molecular complexity index is 1190. The Hall–Kier alpha value is -2.99. The molecule has 1 unspecified atom stereocenters. The van der Waals surface area contributed by atoms with Gasteiger partial charge in [0.2, 0.25) is 0 Å². The molecule has 0 saturated heterocycles. The zero-order valence-electron chi connectivity index (χ0n) is 16.5. The van der Waals surface area contributed by atoms with Crippen LogP contribution >= 0.6 is 11.3 Å². The molecule has 0 radical (unpaired) electrons. The van der Waals surface area contributed by atoms with Crippen LogP contribution in [0.4, 0.5) is 5.82 Å². The number of aryl methyl sites for hydroxylation is 1. The predicted molar refractivity (Wildman–Crippen MR) is 118 cm³/mol. The van der Waals surface area contributed by atoms with Crippen LogP contribution in [0.25, 0.3) is 21.5 Å². The Labute approximate surface area is 173 Å². The second kappa shape index (κ2) is 7.44. The number of hydrogen-bond donors (Lipinski definition) is 1. The van der Waals surface area contributed by atoms with Gasteiger partial charge in [-0.3, -0.25) is 0 Å². The van der Waals surface area contributed by atoms with E-state index in [2.05, 4.69) is 50.6 Å². The largest absolute Gasteiger partial charge is 0.496 e. The summed E-state index contributed by atoms with van der Waals surface area (Å²) in [6.45, 7) is 1.94. The molecule has 0 fully saturated rings. The maximum Gasteiger partial charge on any atom is 0.130 e. The number of benzene rings is 2.